The number of benzene rings is 2. The average molecular weight is 514 g/mol. The van der Waals surface area contributed by atoms with Gasteiger partial charge in [-0.1, -0.05) is 42.0 Å². The van der Waals surface area contributed by atoms with E-state index in [0.717, 1.165) is 19.4 Å². The largest absolute Gasteiger partial charge is 0.480 e. The van der Waals surface area contributed by atoms with Crippen LogP contribution in [0.3, 0.4) is 0 Å². The van der Waals surface area contributed by atoms with Gasteiger partial charge in [0.15, 0.2) is 17.4 Å². The first-order chi connectivity index (χ1) is 17.5. The molecule has 3 atom stereocenters. The molecule has 2 aliphatic rings. The molecule has 1 aliphatic heterocycles. The van der Waals surface area contributed by atoms with Crippen molar-refractivity contribution in [3.05, 3.63) is 101 Å². The van der Waals surface area contributed by atoms with Gasteiger partial charge in [-0.3, -0.25) is 0 Å². The highest BCUT2D eigenvalue weighted by Crippen LogP contribution is 2.33. The summed E-state index contributed by atoms with van der Waals surface area (Å²) in [7, 11) is 0. The van der Waals surface area contributed by atoms with Crippen LogP contribution in [-0.2, 0) is 11.3 Å². The minimum atomic E-state index is -0.831. The van der Waals surface area contributed by atoms with Gasteiger partial charge in [0, 0.05) is 34.7 Å². The molecule has 36 heavy (non-hydrogen) atoms. The molecule has 8 heteroatoms. The maximum atomic E-state index is 15.0. The maximum absolute atomic E-state index is 15.0. The van der Waals surface area contributed by atoms with E-state index in [1.807, 2.05) is 12.2 Å². The molecule has 3 unspecified atom stereocenters. The van der Waals surface area contributed by atoms with Gasteiger partial charge in [0.25, 0.3) is 0 Å². The molecule has 1 aliphatic carbocycles. The third kappa shape index (κ3) is 5.58. The van der Waals surface area contributed by atoms with Crippen molar-refractivity contribution >= 4 is 11.6 Å². The number of aromatic nitrogens is 1. The van der Waals surface area contributed by atoms with Crippen molar-refractivity contribution < 1.29 is 27.4 Å². The van der Waals surface area contributed by atoms with Gasteiger partial charge in [-0.05, 0) is 49.2 Å². The van der Waals surface area contributed by atoms with E-state index in [-0.39, 0.29) is 35.1 Å². The molecule has 5 rings (SSSR count). The van der Waals surface area contributed by atoms with Gasteiger partial charge in [-0.15, -0.1) is 0 Å². The third-order valence-electron chi connectivity index (χ3n) is 6.18. The van der Waals surface area contributed by atoms with Crippen molar-refractivity contribution in [2.45, 2.75) is 31.7 Å². The first-order valence-corrected chi connectivity index (χ1v) is 12.0. The van der Waals surface area contributed by atoms with Gasteiger partial charge in [0.2, 0.25) is 5.88 Å². The van der Waals surface area contributed by atoms with Crippen LogP contribution in [0.2, 0.25) is 5.02 Å². The molecule has 0 amide bonds. The van der Waals surface area contributed by atoms with E-state index in [1.165, 1.54) is 24.3 Å². The molecular weight excluding hydrogens is 491 g/mol. The van der Waals surface area contributed by atoms with Crippen LogP contribution in [0.15, 0.2) is 72.8 Å². The zero-order valence-electron chi connectivity index (χ0n) is 19.2. The molecule has 3 aromatic rings. The lowest BCUT2D eigenvalue weighted by atomic mass is 9.89. The lowest BCUT2D eigenvalue weighted by Crippen LogP contribution is -2.34. The smallest absolute Gasteiger partial charge is 0.214 e. The van der Waals surface area contributed by atoms with E-state index in [0.29, 0.717) is 11.3 Å². The maximum Gasteiger partial charge on any atom is 0.214 e. The van der Waals surface area contributed by atoms with Crippen LogP contribution in [0.1, 0.15) is 18.4 Å². The van der Waals surface area contributed by atoms with Crippen molar-refractivity contribution in [3.8, 4) is 22.9 Å². The van der Waals surface area contributed by atoms with E-state index in [4.69, 9.17) is 25.8 Å². The topological polar surface area (TPSA) is 40.6 Å². The molecule has 1 saturated heterocycles. The first-order valence-electron chi connectivity index (χ1n) is 11.6. The van der Waals surface area contributed by atoms with Crippen LogP contribution in [0, 0.1) is 23.4 Å². The van der Waals surface area contributed by atoms with E-state index in [2.05, 4.69) is 4.98 Å². The van der Waals surface area contributed by atoms with Gasteiger partial charge in [0.05, 0.1) is 11.8 Å². The Hall–Kier alpha value is -3.29. The summed E-state index contributed by atoms with van der Waals surface area (Å²) in [6.45, 7) is 0.664. The Morgan fingerprint density at radius 2 is 1.75 bits per heavy atom. The number of rotatable bonds is 8. The average Bonchev–Trinajstić information content (AvgIpc) is 2.84. The van der Waals surface area contributed by atoms with Crippen LogP contribution in [-0.4, -0.2) is 23.8 Å². The summed E-state index contributed by atoms with van der Waals surface area (Å²) < 4.78 is 60.9. The van der Waals surface area contributed by atoms with Crippen molar-refractivity contribution in [1.82, 2.24) is 4.98 Å². The molecule has 0 radical (unpaired) electrons. The van der Waals surface area contributed by atoms with E-state index in [1.54, 1.807) is 36.4 Å². The molecule has 1 aromatic heterocycles. The Morgan fingerprint density at radius 1 is 0.972 bits per heavy atom. The molecule has 2 aromatic carbocycles. The highest BCUT2D eigenvalue weighted by Gasteiger charge is 2.29. The SMILES string of the molecule is Fc1cc(Cl)ccc1COc1cccc(-c2cc(F)c(OC3C=CC=CC3CC3CCO3)c(F)c2)n1. The van der Waals surface area contributed by atoms with Crippen molar-refractivity contribution in [1.29, 1.82) is 0 Å². The number of ether oxygens (including phenoxy) is 3. The van der Waals surface area contributed by atoms with Gasteiger partial charge in [-0.2, -0.15) is 0 Å². The molecule has 0 saturated carbocycles. The van der Waals surface area contributed by atoms with E-state index < -0.39 is 29.3 Å². The Balaban J connectivity index is 1.30. The predicted octanol–water partition coefficient (Wildman–Crippen LogP) is 7.07. The molecule has 0 bridgehead atoms. The van der Waals surface area contributed by atoms with Crippen LogP contribution < -0.4 is 9.47 Å². The molecule has 4 nitrogen and oxygen atoms in total. The van der Waals surface area contributed by atoms with Crippen molar-refractivity contribution in [2.24, 2.45) is 5.92 Å². The van der Waals surface area contributed by atoms with Gasteiger partial charge in [-0.25, -0.2) is 18.2 Å². The fourth-order valence-corrected chi connectivity index (χ4v) is 4.31. The summed E-state index contributed by atoms with van der Waals surface area (Å²) in [6.07, 6.45) is 8.82. The second-order valence-corrected chi connectivity index (χ2v) is 9.12. The zero-order valence-corrected chi connectivity index (χ0v) is 19.9. The highest BCUT2D eigenvalue weighted by molar-refractivity contribution is 6.30. The van der Waals surface area contributed by atoms with Crippen LogP contribution in [0.25, 0.3) is 11.3 Å². The summed E-state index contributed by atoms with van der Waals surface area (Å²) in [5.74, 6) is -2.45. The normalized spacial score (nSPS) is 20.7. The van der Waals surface area contributed by atoms with Crippen LogP contribution in [0.4, 0.5) is 13.2 Å². The van der Waals surface area contributed by atoms with E-state index in [9.17, 15) is 4.39 Å². The quantitative estimate of drug-likeness (QED) is 0.323. The molecule has 1 fully saturated rings. The Labute approximate surface area is 212 Å². The highest BCUT2D eigenvalue weighted by atomic mass is 35.5. The summed E-state index contributed by atoms with van der Waals surface area (Å²) >= 11 is 5.77. The standard InChI is InChI=1S/C28H23ClF3NO3/c29-20-9-8-18(22(30)15-20)16-35-27-7-3-5-25(33-27)19-13-23(31)28(24(32)14-19)36-26-6-2-1-4-17(26)12-21-10-11-34-21/h1-9,13-15,17,21,26H,10-12,16H2. The second-order valence-electron chi connectivity index (χ2n) is 8.69. The van der Waals surface area contributed by atoms with Crippen LogP contribution >= 0.6 is 11.6 Å². The van der Waals surface area contributed by atoms with Gasteiger partial charge >= 0.3 is 0 Å². The number of allylic oxidation sites excluding steroid dienone is 2. The number of pyridine rings is 1. The molecular formula is C28H23ClF3NO3. The molecule has 0 spiro atoms. The second kappa shape index (κ2) is 10.8. The number of hydrogen-bond donors (Lipinski definition) is 0. The third-order valence-corrected chi connectivity index (χ3v) is 6.42. The summed E-state index contributed by atoms with van der Waals surface area (Å²) in [5.41, 5.74) is 0.826. The molecule has 186 valence electrons. The fourth-order valence-electron chi connectivity index (χ4n) is 4.15. The number of hydrogen-bond acceptors (Lipinski definition) is 4. The van der Waals surface area contributed by atoms with Gasteiger partial charge in [0.1, 0.15) is 18.5 Å². The minimum Gasteiger partial charge on any atom is -0.480 e. The summed E-state index contributed by atoms with van der Waals surface area (Å²) in [6, 6.07) is 11.5. The fraction of sp³-hybridized carbons (Fsp3) is 0.250. The Kier molecular flexibility index (Phi) is 7.30. The van der Waals surface area contributed by atoms with E-state index >= 15 is 8.78 Å². The van der Waals surface area contributed by atoms with Crippen molar-refractivity contribution in [3.63, 3.8) is 0 Å². The predicted molar refractivity (Wildman–Crippen MR) is 130 cm³/mol. The van der Waals surface area contributed by atoms with Gasteiger partial charge < -0.3 is 14.2 Å². The first kappa shape index (κ1) is 24.4. The van der Waals surface area contributed by atoms with Crippen LogP contribution in [0.5, 0.6) is 11.6 Å². The Morgan fingerprint density at radius 3 is 2.47 bits per heavy atom. The monoisotopic (exact) mass is 513 g/mol. The minimum absolute atomic E-state index is 0.0419. The zero-order chi connectivity index (χ0) is 25.1. The molecule has 0 N–H and O–H groups in total. The lowest BCUT2D eigenvalue weighted by Gasteiger charge is -2.33. The van der Waals surface area contributed by atoms with Crippen molar-refractivity contribution in [2.75, 3.05) is 6.61 Å². The Bertz CT molecular complexity index is 1290. The summed E-state index contributed by atoms with van der Waals surface area (Å²) in [4.78, 5) is 4.31. The molecule has 2 heterocycles. The summed E-state index contributed by atoms with van der Waals surface area (Å²) in [5, 5.41) is 0.284. The number of nitrogens with zero attached hydrogens (tertiary/aromatic N) is 1. The number of halogens is 4. The lowest BCUT2D eigenvalue weighted by molar-refractivity contribution is -0.0648.